The number of fused-ring (bicyclic) bond motifs is 2. The van der Waals surface area contributed by atoms with Crippen molar-refractivity contribution in [1.82, 2.24) is 0 Å². The van der Waals surface area contributed by atoms with Crippen LogP contribution in [0.2, 0.25) is 0 Å². The first-order chi connectivity index (χ1) is 21.3. The van der Waals surface area contributed by atoms with E-state index >= 15 is 0 Å². The smallest absolute Gasteiger partial charge is 0.000139 e. The molecule has 0 aliphatic carbocycles. The van der Waals surface area contributed by atoms with E-state index in [4.69, 9.17) is 0 Å². The summed E-state index contributed by atoms with van der Waals surface area (Å²) in [5, 5.41) is 4.99. The van der Waals surface area contributed by atoms with Crippen LogP contribution in [0.25, 0.3) is 78.2 Å². The van der Waals surface area contributed by atoms with Gasteiger partial charge in [-0.3, -0.25) is 0 Å². The quantitative estimate of drug-likeness (QED) is 0.181. The molecule has 7 rings (SSSR count). The predicted molar refractivity (Wildman–Crippen MR) is 188 cm³/mol. The van der Waals surface area contributed by atoms with Crippen LogP contribution in [0.5, 0.6) is 0 Å². The SMILES string of the molecule is C=Cc1c(/C=C\C)c(-c2ccccc2)c2c(-c3ccccc3)c3ccccc3c(-c3ccccc3)c2c1-c1ccccc1. The first kappa shape index (κ1) is 26.4. The monoisotopic (exact) mass is 548 g/mol. The van der Waals surface area contributed by atoms with Crippen LogP contribution in [0.15, 0.2) is 158 Å². The molecule has 0 aromatic heterocycles. The van der Waals surface area contributed by atoms with E-state index < -0.39 is 0 Å². The second kappa shape index (κ2) is 11.4. The third-order valence-electron chi connectivity index (χ3n) is 8.33. The number of benzene rings is 7. The fraction of sp³-hybridized carbons (Fsp3) is 0.0233. The van der Waals surface area contributed by atoms with Crippen LogP contribution in [0.4, 0.5) is 0 Å². The van der Waals surface area contributed by atoms with E-state index in [1.165, 1.54) is 71.6 Å². The highest BCUT2D eigenvalue weighted by Gasteiger charge is 2.26. The lowest BCUT2D eigenvalue weighted by Crippen LogP contribution is -2.01. The molecule has 204 valence electrons. The molecule has 7 aromatic rings. The minimum atomic E-state index is 1.14. The van der Waals surface area contributed by atoms with Gasteiger partial charge < -0.3 is 0 Å². The Morgan fingerprint density at radius 1 is 0.395 bits per heavy atom. The number of hydrogen-bond acceptors (Lipinski definition) is 0. The second-order valence-corrected chi connectivity index (χ2v) is 10.8. The molecular weight excluding hydrogens is 516 g/mol. The fourth-order valence-electron chi connectivity index (χ4n) is 6.65. The van der Waals surface area contributed by atoms with Crippen molar-refractivity contribution in [3.05, 3.63) is 169 Å². The van der Waals surface area contributed by atoms with Gasteiger partial charge in [0.2, 0.25) is 0 Å². The maximum atomic E-state index is 4.41. The van der Waals surface area contributed by atoms with Crippen LogP contribution < -0.4 is 0 Å². The van der Waals surface area contributed by atoms with E-state index in [-0.39, 0.29) is 0 Å². The van der Waals surface area contributed by atoms with Gasteiger partial charge in [0.1, 0.15) is 0 Å². The molecule has 0 radical (unpaired) electrons. The van der Waals surface area contributed by atoms with E-state index in [1.54, 1.807) is 0 Å². The molecule has 0 N–H and O–H groups in total. The molecule has 0 saturated heterocycles. The number of rotatable bonds is 6. The molecule has 0 fully saturated rings. The van der Waals surface area contributed by atoms with Crippen LogP contribution in [-0.2, 0) is 0 Å². The van der Waals surface area contributed by atoms with E-state index in [0.29, 0.717) is 0 Å². The average Bonchev–Trinajstić information content (AvgIpc) is 3.08. The van der Waals surface area contributed by atoms with E-state index in [2.05, 4.69) is 177 Å². The van der Waals surface area contributed by atoms with Gasteiger partial charge in [-0.2, -0.15) is 0 Å². The van der Waals surface area contributed by atoms with Crippen molar-refractivity contribution >= 4 is 33.7 Å². The number of allylic oxidation sites excluding steroid dienone is 1. The summed E-state index contributed by atoms with van der Waals surface area (Å²) in [4.78, 5) is 0. The van der Waals surface area contributed by atoms with Gasteiger partial charge in [-0.25, -0.2) is 0 Å². The van der Waals surface area contributed by atoms with Gasteiger partial charge in [0.25, 0.3) is 0 Å². The summed E-state index contributed by atoms with van der Waals surface area (Å²) in [5.74, 6) is 0. The van der Waals surface area contributed by atoms with Crippen LogP contribution in [0.3, 0.4) is 0 Å². The lowest BCUT2D eigenvalue weighted by molar-refractivity contribution is 1.57. The van der Waals surface area contributed by atoms with Gasteiger partial charge in [-0.1, -0.05) is 170 Å². The van der Waals surface area contributed by atoms with Gasteiger partial charge in [0, 0.05) is 0 Å². The number of hydrogen-bond donors (Lipinski definition) is 0. The van der Waals surface area contributed by atoms with Crippen molar-refractivity contribution < 1.29 is 0 Å². The maximum Gasteiger partial charge on any atom is -0.000139 e. The predicted octanol–water partition coefficient (Wildman–Crippen LogP) is 12.3. The average molecular weight is 549 g/mol. The molecule has 0 amide bonds. The molecule has 0 nitrogen and oxygen atoms in total. The third kappa shape index (κ3) is 4.49. The Hall–Kier alpha value is -5.46. The summed E-state index contributed by atoms with van der Waals surface area (Å²) in [6.45, 7) is 6.51. The lowest BCUT2D eigenvalue weighted by Gasteiger charge is -2.26. The summed E-state index contributed by atoms with van der Waals surface area (Å²) in [6, 6.07) is 52.3. The highest BCUT2D eigenvalue weighted by molar-refractivity contribution is 6.29. The molecule has 0 unspecified atom stereocenters. The summed E-state index contributed by atoms with van der Waals surface area (Å²) >= 11 is 0. The minimum Gasteiger partial charge on any atom is -0.0984 e. The zero-order chi connectivity index (χ0) is 29.2. The molecule has 0 bridgehead atoms. The van der Waals surface area contributed by atoms with Crippen molar-refractivity contribution in [1.29, 1.82) is 0 Å². The Morgan fingerprint density at radius 2 is 0.721 bits per heavy atom. The van der Waals surface area contributed by atoms with E-state index in [9.17, 15) is 0 Å². The first-order valence-electron chi connectivity index (χ1n) is 14.9. The fourth-order valence-corrected chi connectivity index (χ4v) is 6.65. The normalized spacial score (nSPS) is 11.4. The molecule has 0 heterocycles. The van der Waals surface area contributed by atoms with Gasteiger partial charge >= 0.3 is 0 Å². The molecule has 0 heteroatoms. The summed E-state index contributed by atoms with van der Waals surface area (Å²) in [5.41, 5.74) is 12.0. The molecule has 0 saturated carbocycles. The molecule has 0 aliphatic rings. The Balaban J connectivity index is 1.90. The Labute approximate surface area is 253 Å². The van der Waals surface area contributed by atoms with Crippen LogP contribution >= 0.6 is 0 Å². The lowest BCUT2D eigenvalue weighted by atomic mass is 9.76. The second-order valence-electron chi connectivity index (χ2n) is 10.8. The van der Waals surface area contributed by atoms with Crippen LogP contribution in [0, 0.1) is 0 Å². The third-order valence-corrected chi connectivity index (χ3v) is 8.33. The highest BCUT2D eigenvalue weighted by Crippen LogP contribution is 2.53. The Kier molecular flexibility index (Phi) is 7.03. The minimum absolute atomic E-state index is 1.14. The Morgan fingerprint density at radius 3 is 1.07 bits per heavy atom. The molecule has 0 atom stereocenters. The van der Waals surface area contributed by atoms with Gasteiger partial charge in [0.05, 0.1) is 0 Å². The first-order valence-corrected chi connectivity index (χ1v) is 14.9. The van der Waals surface area contributed by atoms with Gasteiger partial charge in [0.15, 0.2) is 0 Å². The summed E-state index contributed by atoms with van der Waals surface area (Å²) < 4.78 is 0. The topological polar surface area (TPSA) is 0 Å². The summed E-state index contributed by atoms with van der Waals surface area (Å²) in [6.07, 6.45) is 6.46. The van der Waals surface area contributed by atoms with Gasteiger partial charge in [-0.15, -0.1) is 0 Å². The zero-order valence-corrected chi connectivity index (χ0v) is 24.3. The van der Waals surface area contributed by atoms with Crippen molar-refractivity contribution in [2.45, 2.75) is 6.92 Å². The van der Waals surface area contributed by atoms with Crippen LogP contribution in [0.1, 0.15) is 18.1 Å². The van der Waals surface area contributed by atoms with Gasteiger partial charge in [-0.05, 0) is 84.1 Å². The maximum absolute atomic E-state index is 4.41. The standard InChI is InChI=1S/C43H32/c1-3-19-35-34(4-2)38(30-20-9-5-10-21-30)42-40(32-24-13-7-14-25-32)36-28-17-18-29-37(36)41(33-26-15-8-16-27-33)43(42)39(35)31-22-11-6-12-23-31/h3-29H,2H2,1H3/b19-3-. The van der Waals surface area contributed by atoms with Crippen molar-refractivity contribution in [3.63, 3.8) is 0 Å². The molecule has 7 aromatic carbocycles. The highest BCUT2D eigenvalue weighted by atomic mass is 14.3. The van der Waals surface area contributed by atoms with Crippen molar-refractivity contribution in [3.8, 4) is 44.5 Å². The Bertz CT molecular complexity index is 2100. The van der Waals surface area contributed by atoms with E-state index in [1.807, 2.05) is 0 Å². The zero-order valence-electron chi connectivity index (χ0n) is 24.3. The van der Waals surface area contributed by atoms with Crippen LogP contribution in [-0.4, -0.2) is 0 Å². The van der Waals surface area contributed by atoms with E-state index in [0.717, 1.165) is 5.56 Å². The molecule has 0 spiro atoms. The largest absolute Gasteiger partial charge is 0.0984 e. The molecule has 43 heavy (non-hydrogen) atoms. The molecular formula is C43H32. The summed E-state index contributed by atoms with van der Waals surface area (Å²) in [7, 11) is 0. The van der Waals surface area contributed by atoms with Crippen molar-refractivity contribution in [2.24, 2.45) is 0 Å². The van der Waals surface area contributed by atoms with Crippen molar-refractivity contribution in [2.75, 3.05) is 0 Å². The molecule has 0 aliphatic heterocycles.